The zero-order valence-corrected chi connectivity index (χ0v) is 11.2. The van der Waals surface area contributed by atoms with Crippen molar-refractivity contribution in [3.8, 4) is 5.75 Å². The van der Waals surface area contributed by atoms with E-state index in [0.29, 0.717) is 0 Å². The Balaban J connectivity index is 2.33. The second-order valence-corrected chi connectivity index (χ2v) is 6.13. The first-order valence-electron chi connectivity index (χ1n) is 5.87. The third-order valence-corrected chi connectivity index (χ3v) is 4.66. The summed E-state index contributed by atoms with van der Waals surface area (Å²) >= 11 is 0. The molecule has 0 unspecified atom stereocenters. The largest absolute Gasteiger partial charge is 0.496 e. The second kappa shape index (κ2) is 5.18. The standard InChI is InChI=1S/C12H15NO5S/c1-18-11-6-5-9(7-10(11)12(14)15)19(16,17)13-8-3-2-4-8/h5-8,13H,2-4H2,1H3,(H,14,15). The highest BCUT2D eigenvalue weighted by Crippen LogP contribution is 2.25. The number of nitrogens with one attached hydrogen (secondary N) is 1. The van der Waals surface area contributed by atoms with Gasteiger partial charge in [0.2, 0.25) is 10.0 Å². The Morgan fingerprint density at radius 3 is 2.58 bits per heavy atom. The number of benzene rings is 1. The molecule has 0 atom stereocenters. The van der Waals surface area contributed by atoms with Gasteiger partial charge in [-0.05, 0) is 31.0 Å². The predicted molar refractivity (Wildman–Crippen MR) is 67.9 cm³/mol. The third-order valence-electron chi connectivity index (χ3n) is 3.14. The van der Waals surface area contributed by atoms with Gasteiger partial charge in [0.1, 0.15) is 11.3 Å². The van der Waals surface area contributed by atoms with Crippen LogP contribution in [0.2, 0.25) is 0 Å². The van der Waals surface area contributed by atoms with E-state index in [4.69, 9.17) is 9.84 Å². The lowest BCUT2D eigenvalue weighted by molar-refractivity contribution is 0.0693. The smallest absolute Gasteiger partial charge is 0.339 e. The van der Waals surface area contributed by atoms with Crippen molar-refractivity contribution in [2.24, 2.45) is 0 Å². The molecule has 19 heavy (non-hydrogen) atoms. The monoisotopic (exact) mass is 285 g/mol. The van der Waals surface area contributed by atoms with Crippen LogP contribution in [0.3, 0.4) is 0 Å². The third kappa shape index (κ3) is 2.87. The van der Waals surface area contributed by atoms with E-state index in [-0.39, 0.29) is 22.3 Å². The van der Waals surface area contributed by atoms with Crippen molar-refractivity contribution in [3.63, 3.8) is 0 Å². The first-order chi connectivity index (χ1) is 8.94. The Bertz CT molecular complexity index is 592. The van der Waals surface area contributed by atoms with Crippen LogP contribution in [0.25, 0.3) is 0 Å². The summed E-state index contributed by atoms with van der Waals surface area (Å²) in [5.74, 6) is -1.09. The van der Waals surface area contributed by atoms with Gasteiger partial charge in [-0.2, -0.15) is 0 Å². The maximum atomic E-state index is 12.1. The fraction of sp³-hybridized carbons (Fsp3) is 0.417. The molecule has 1 aromatic carbocycles. The Kier molecular flexibility index (Phi) is 3.77. The maximum Gasteiger partial charge on any atom is 0.339 e. The number of sulfonamides is 1. The number of hydrogen-bond acceptors (Lipinski definition) is 4. The summed E-state index contributed by atoms with van der Waals surface area (Å²) in [5, 5.41) is 9.03. The lowest BCUT2D eigenvalue weighted by Gasteiger charge is -2.26. The number of carboxylic acids is 1. The SMILES string of the molecule is COc1ccc(S(=O)(=O)NC2CCC2)cc1C(=O)O. The minimum Gasteiger partial charge on any atom is -0.496 e. The maximum absolute atomic E-state index is 12.1. The van der Waals surface area contributed by atoms with Gasteiger partial charge in [0, 0.05) is 6.04 Å². The molecule has 0 aromatic heterocycles. The van der Waals surface area contributed by atoms with Crippen LogP contribution in [0.1, 0.15) is 29.6 Å². The molecule has 1 fully saturated rings. The fourth-order valence-electron chi connectivity index (χ4n) is 1.83. The van der Waals surface area contributed by atoms with E-state index in [0.717, 1.165) is 25.3 Å². The van der Waals surface area contributed by atoms with Crippen LogP contribution in [-0.4, -0.2) is 32.6 Å². The number of hydrogen-bond donors (Lipinski definition) is 2. The van der Waals surface area contributed by atoms with E-state index < -0.39 is 16.0 Å². The first kappa shape index (κ1) is 13.8. The van der Waals surface area contributed by atoms with E-state index in [1.54, 1.807) is 0 Å². The molecule has 0 amide bonds. The summed E-state index contributed by atoms with van der Waals surface area (Å²) in [7, 11) is -2.33. The zero-order chi connectivity index (χ0) is 14.0. The van der Waals surface area contributed by atoms with Crippen molar-refractivity contribution < 1.29 is 23.1 Å². The molecular formula is C12H15NO5S. The number of aromatic carboxylic acids is 1. The molecule has 6 nitrogen and oxygen atoms in total. The molecule has 1 aliphatic carbocycles. The molecule has 0 bridgehead atoms. The normalized spacial score (nSPS) is 15.8. The molecular weight excluding hydrogens is 270 g/mol. The molecule has 0 heterocycles. The van der Waals surface area contributed by atoms with E-state index >= 15 is 0 Å². The minimum atomic E-state index is -3.67. The Labute approximate surface area is 111 Å². The Hall–Kier alpha value is -1.60. The summed E-state index contributed by atoms with van der Waals surface area (Å²) in [6.07, 6.45) is 2.65. The number of ether oxygens (including phenoxy) is 1. The molecule has 1 saturated carbocycles. The van der Waals surface area contributed by atoms with Crippen molar-refractivity contribution in [1.29, 1.82) is 0 Å². The van der Waals surface area contributed by atoms with Crippen molar-refractivity contribution >= 4 is 16.0 Å². The highest BCUT2D eigenvalue weighted by molar-refractivity contribution is 7.89. The average Bonchev–Trinajstić information content (AvgIpc) is 2.33. The number of carbonyl (C=O) groups is 1. The van der Waals surface area contributed by atoms with Gasteiger partial charge in [0.25, 0.3) is 0 Å². The van der Waals surface area contributed by atoms with E-state index in [1.165, 1.54) is 19.2 Å². The topological polar surface area (TPSA) is 92.7 Å². The zero-order valence-electron chi connectivity index (χ0n) is 10.4. The summed E-state index contributed by atoms with van der Waals surface area (Å²) < 4.78 is 31.6. The van der Waals surface area contributed by atoms with Crippen molar-refractivity contribution in [1.82, 2.24) is 4.72 Å². The highest BCUT2D eigenvalue weighted by Gasteiger charge is 2.26. The quantitative estimate of drug-likeness (QED) is 0.848. The lowest BCUT2D eigenvalue weighted by Crippen LogP contribution is -2.39. The molecule has 1 aromatic rings. The first-order valence-corrected chi connectivity index (χ1v) is 7.36. The average molecular weight is 285 g/mol. The number of methoxy groups -OCH3 is 1. The fourth-order valence-corrected chi connectivity index (χ4v) is 3.17. The van der Waals surface area contributed by atoms with Crippen LogP contribution in [0, 0.1) is 0 Å². The summed E-state index contributed by atoms with van der Waals surface area (Å²) in [6.45, 7) is 0. The number of rotatable bonds is 5. The molecule has 1 aliphatic rings. The van der Waals surface area contributed by atoms with Gasteiger partial charge >= 0.3 is 5.97 Å². The molecule has 0 spiro atoms. The molecule has 2 N–H and O–H groups in total. The summed E-state index contributed by atoms with van der Waals surface area (Å²) in [4.78, 5) is 11.0. The predicted octanol–water partition coefficient (Wildman–Crippen LogP) is 1.22. The van der Waals surface area contributed by atoms with Crippen molar-refractivity contribution in [3.05, 3.63) is 23.8 Å². The van der Waals surface area contributed by atoms with Crippen LogP contribution in [0.5, 0.6) is 5.75 Å². The molecule has 7 heteroatoms. The summed E-state index contributed by atoms with van der Waals surface area (Å²) in [5.41, 5.74) is -0.168. The second-order valence-electron chi connectivity index (χ2n) is 4.42. The molecule has 0 radical (unpaired) electrons. The van der Waals surface area contributed by atoms with Gasteiger partial charge in [-0.15, -0.1) is 0 Å². The summed E-state index contributed by atoms with van der Waals surface area (Å²) in [6, 6.07) is 3.76. The van der Waals surface area contributed by atoms with Crippen LogP contribution < -0.4 is 9.46 Å². The van der Waals surface area contributed by atoms with Gasteiger partial charge in [0.15, 0.2) is 0 Å². The lowest BCUT2D eigenvalue weighted by atomic mass is 9.94. The molecule has 0 saturated heterocycles. The molecule has 104 valence electrons. The van der Waals surface area contributed by atoms with E-state index in [2.05, 4.69) is 4.72 Å². The van der Waals surface area contributed by atoms with Crippen LogP contribution in [0.4, 0.5) is 0 Å². The van der Waals surface area contributed by atoms with Gasteiger partial charge < -0.3 is 9.84 Å². The van der Waals surface area contributed by atoms with Crippen LogP contribution >= 0.6 is 0 Å². The molecule has 0 aliphatic heterocycles. The van der Waals surface area contributed by atoms with Crippen LogP contribution in [0.15, 0.2) is 23.1 Å². The Morgan fingerprint density at radius 2 is 2.11 bits per heavy atom. The van der Waals surface area contributed by atoms with Gasteiger partial charge in [-0.25, -0.2) is 17.9 Å². The number of carboxylic acid groups (broad SMARTS) is 1. The van der Waals surface area contributed by atoms with Gasteiger partial charge in [-0.3, -0.25) is 0 Å². The van der Waals surface area contributed by atoms with Gasteiger partial charge in [0.05, 0.1) is 12.0 Å². The molecule has 2 rings (SSSR count). The van der Waals surface area contributed by atoms with Crippen molar-refractivity contribution in [2.75, 3.05) is 7.11 Å². The van der Waals surface area contributed by atoms with E-state index in [1.807, 2.05) is 0 Å². The van der Waals surface area contributed by atoms with Crippen LogP contribution in [-0.2, 0) is 10.0 Å². The minimum absolute atomic E-state index is 0.0413. The van der Waals surface area contributed by atoms with E-state index in [9.17, 15) is 13.2 Å². The van der Waals surface area contributed by atoms with Crippen molar-refractivity contribution in [2.45, 2.75) is 30.2 Å². The van der Waals surface area contributed by atoms with Gasteiger partial charge in [-0.1, -0.05) is 6.42 Å². The highest BCUT2D eigenvalue weighted by atomic mass is 32.2. The Morgan fingerprint density at radius 1 is 1.42 bits per heavy atom.